The average molecular weight is 244 g/mol. The molecule has 0 fully saturated rings. The molecule has 0 aliphatic carbocycles. The van der Waals surface area contributed by atoms with E-state index in [0.717, 1.165) is 18.0 Å². The smallest absolute Gasteiger partial charge is 0.143 e. The van der Waals surface area contributed by atoms with Crippen LogP contribution in [-0.2, 0) is 6.54 Å². The minimum absolute atomic E-state index is 0.0628. The fourth-order valence-corrected chi connectivity index (χ4v) is 1.77. The van der Waals surface area contributed by atoms with Crippen LogP contribution in [0.3, 0.4) is 0 Å². The maximum absolute atomic E-state index is 13.6. The first-order valence-corrected chi connectivity index (χ1v) is 5.71. The van der Waals surface area contributed by atoms with Crippen LogP contribution >= 0.6 is 0 Å². The topological polar surface area (TPSA) is 40.2 Å². The van der Waals surface area contributed by atoms with Gasteiger partial charge in [0.15, 0.2) is 0 Å². The van der Waals surface area contributed by atoms with Gasteiger partial charge in [0, 0.05) is 12.2 Å². The van der Waals surface area contributed by atoms with Gasteiger partial charge in [-0.2, -0.15) is 5.26 Å². The maximum atomic E-state index is 13.6. The number of rotatable bonds is 4. The second-order valence-corrected chi connectivity index (χ2v) is 3.87. The predicted molar refractivity (Wildman–Crippen MR) is 66.5 cm³/mol. The highest BCUT2D eigenvalue weighted by Crippen LogP contribution is 2.20. The van der Waals surface area contributed by atoms with Crippen molar-refractivity contribution in [3.05, 3.63) is 53.7 Å². The Morgan fingerprint density at radius 3 is 2.78 bits per heavy atom. The van der Waals surface area contributed by atoms with Crippen LogP contribution in [0.2, 0.25) is 0 Å². The third-order valence-electron chi connectivity index (χ3n) is 2.75. The van der Waals surface area contributed by atoms with Crippen molar-refractivity contribution < 1.29 is 8.81 Å². The molecule has 4 heteroatoms. The molecule has 0 aliphatic rings. The lowest BCUT2D eigenvalue weighted by molar-refractivity contribution is 0.503. The van der Waals surface area contributed by atoms with Gasteiger partial charge >= 0.3 is 0 Å². The predicted octanol–water partition coefficient (Wildman–Crippen LogP) is 3.32. The van der Waals surface area contributed by atoms with Crippen molar-refractivity contribution in [1.29, 1.82) is 5.26 Å². The first-order chi connectivity index (χ1) is 8.74. The second-order valence-electron chi connectivity index (χ2n) is 3.87. The van der Waals surface area contributed by atoms with E-state index in [0.29, 0.717) is 6.54 Å². The molecule has 0 amide bonds. The van der Waals surface area contributed by atoms with E-state index in [4.69, 9.17) is 9.68 Å². The highest BCUT2D eigenvalue weighted by molar-refractivity contribution is 5.50. The fraction of sp³-hybridized carbons (Fsp3) is 0.214. The molecule has 0 aliphatic heterocycles. The molecule has 0 atom stereocenters. The molecule has 0 N–H and O–H groups in total. The molecule has 0 spiro atoms. The summed E-state index contributed by atoms with van der Waals surface area (Å²) in [5.41, 5.74) is 0.804. The maximum Gasteiger partial charge on any atom is 0.143 e. The Morgan fingerprint density at radius 1 is 1.39 bits per heavy atom. The van der Waals surface area contributed by atoms with Crippen molar-refractivity contribution in [1.82, 2.24) is 0 Å². The van der Waals surface area contributed by atoms with E-state index in [-0.39, 0.29) is 5.56 Å². The third kappa shape index (κ3) is 2.51. The molecular weight excluding hydrogens is 231 g/mol. The number of halogens is 1. The number of furan rings is 1. The van der Waals surface area contributed by atoms with Gasteiger partial charge in [-0.1, -0.05) is 0 Å². The van der Waals surface area contributed by atoms with E-state index in [2.05, 4.69) is 0 Å². The molecule has 0 saturated carbocycles. The molecule has 1 heterocycles. The summed E-state index contributed by atoms with van der Waals surface area (Å²) in [6.45, 7) is 3.29. The third-order valence-corrected chi connectivity index (χ3v) is 2.75. The molecule has 2 rings (SSSR count). The minimum Gasteiger partial charge on any atom is -0.467 e. The molecule has 0 saturated heterocycles. The summed E-state index contributed by atoms with van der Waals surface area (Å²) < 4.78 is 18.8. The SMILES string of the molecule is CCN(Cc1ccco1)c1ccc(C#N)c(F)c1. The van der Waals surface area contributed by atoms with Gasteiger partial charge in [0.05, 0.1) is 18.4 Å². The number of nitrogens with zero attached hydrogens (tertiary/aromatic N) is 2. The zero-order valence-electron chi connectivity index (χ0n) is 10.1. The van der Waals surface area contributed by atoms with Gasteiger partial charge in [0.2, 0.25) is 0 Å². The Morgan fingerprint density at radius 2 is 2.22 bits per heavy atom. The monoisotopic (exact) mass is 244 g/mol. The minimum atomic E-state index is -0.493. The van der Waals surface area contributed by atoms with Crippen molar-refractivity contribution in [2.45, 2.75) is 13.5 Å². The summed E-state index contributed by atoms with van der Waals surface area (Å²) in [6.07, 6.45) is 1.61. The van der Waals surface area contributed by atoms with E-state index in [1.54, 1.807) is 12.3 Å². The van der Waals surface area contributed by atoms with Crippen LogP contribution in [0.5, 0.6) is 0 Å². The van der Waals surface area contributed by atoms with Gasteiger partial charge in [-0.25, -0.2) is 4.39 Å². The van der Waals surface area contributed by atoms with Crippen LogP contribution in [0, 0.1) is 17.1 Å². The van der Waals surface area contributed by atoms with E-state index in [9.17, 15) is 4.39 Å². The highest BCUT2D eigenvalue weighted by atomic mass is 19.1. The largest absolute Gasteiger partial charge is 0.467 e. The zero-order valence-corrected chi connectivity index (χ0v) is 10.1. The molecule has 0 unspecified atom stereocenters. The summed E-state index contributed by atoms with van der Waals surface area (Å²) >= 11 is 0. The Labute approximate surface area is 105 Å². The molecule has 2 aromatic rings. The Hall–Kier alpha value is -2.28. The van der Waals surface area contributed by atoms with E-state index in [1.165, 1.54) is 12.1 Å². The number of benzene rings is 1. The van der Waals surface area contributed by atoms with Crippen LogP contribution in [0.15, 0.2) is 41.0 Å². The fourth-order valence-electron chi connectivity index (χ4n) is 1.77. The van der Waals surface area contributed by atoms with Crippen LogP contribution < -0.4 is 4.90 Å². The lowest BCUT2D eigenvalue weighted by Gasteiger charge is -2.22. The average Bonchev–Trinajstić information content (AvgIpc) is 2.88. The Bertz CT molecular complexity index is 558. The van der Waals surface area contributed by atoms with Crippen molar-refractivity contribution in [2.24, 2.45) is 0 Å². The van der Waals surface area contributed by atoms with E-state index in [1.807, 2.05) is 30.0 Å². The normalized spacial score (nSPS) is 10.1. The molecular formula is C14H13FN2O. The standard InChI is InChI=1S/C14H13FN2O/c1-2-17(10-13-4-3-7-18-13)12-6-5-11(9-16)14(15)8-12/h3-8H,2,10H2,1H3. The molecule has 1 aromatic carbocycles. The number of anilines is 1. The number of hydrogen-bond acceptors (Lipinski definition) is 3. The molecule has 0 bridgehead atoms. The van der Waals surface area contributed by atoms with Gasteiger partial charge in [0.1, 0.15) is 17.6 Å². The van der Waals surface area contributed by atoms with Crippen LogP contribution in [-0.4, -0.2) is 6.54 Å². The van der Waals surface area contributed by atoms with Crippen molar-refractivity contribution in [3.63, 3.8) is 0 Å². The Balaban J connectivity index is 2.23. The second kappa shape index (κ2) is 5.37. The zero-order chi connectivity index (χ0) is 13.0. The Kier molecular flexibility index (Phi) is 3.63. The van der Waals surface area contributed by atoms with Gasteiger partial charge in [-0.15, -0.1) is 0 Å². The number of hydrogen-bond donors (Lipinski definition) is 0. The van der Waals surface area contributed by atoms with Crippen molar-refractivity contribution in [2.75, 3.05) is 11.4 Å². The van der Waals surface area contributed by atoms with E-state index < -0.39 is 5.82 Å². The van der Waals surface area contributed by atoms with E-state index >= 15 is 0 Å². The van der Waals surface area contributed by atoms with Crippen LogP contribution in [0.4, 0.5) is 10.1 Å². The van der Waals surface area contributed by atoms with Crippen LogP contribution in [0.1, 0.15) is 18.2 Å². The molecule has 1 aromatic heterocycles. The summed E-state index contributed by atoms with van der Waals surface area (Å²) in [5.74, 6) is 0.328. The van der Waals surface area contributed by atoms with Crippen molar-refractivity contribution >= 4 is 5.69 Å². The first kappa shape index (κ1) is 12.2. The summed E-state index contributed by atoms with van der Waals surface area (Å²) in [4.78, 5) is 1.98. The summed E-state index contributed by atoms with van der Waals surface area (Å²) in [6, 6.07) is 10.1. The summed E-state index contributed by atoms with van der Waals surface area (Å²) in [5, 5.41) is 8.69. The van der Waals surface area contributed by atoms with Crippen molar-refractivity contribution in [3.8, 4) is 6.07 Å². The molecule has 0 radical (unpaired) electrons. The lowest BCUT2D eigenvalue weighted by Crippen LogP contribution is -2.21. The molecule has 92 valence electrons. The molecule has 18 heavy (non-hydrogen) atoms. The lowest BCUT2D eigenvalue weighted by atomic mass is 10.2. The van der Waals surface area contributed by atoms with Gasteiger partial charge in [0.25, 0.3) is 0 Å². The van der Waals surface area contributed by atoms with Gasteiger partial charge < -0.3 is 9.32 Å². The first-order valence-electron chi connectivity index (χ1n) is 5.71. The summed E-state index contributed by atoms with van der Waals surface area (Å²) in [7, 11) is 0. The van der Waals surface area contributed by atoms with Crippen LogP contribution in [0.25, 0.3) is 0 Å². The molecule has 3 nitrogen and oxygen atoms in total. The van der Waals surface area contributed by atoms with Gasteiger partial charge in [-0.3, -0.25) is 0 Å². The number of nitriles is 1. The quantitative estimate of drug-likeness (QED) is 0.828. The van der Waals surface area contributed by atoms with Gasteiger partial charge in [-0.05, 0) is 37.3 Å². The highest BCUT2D eigenvalue weighted by Gasteiger charge is 2.10.